The maximum atomic E-state index is 13.9. The van der Waals surface area contributed by atoms with Crippen molar-refractivity contribution in [1.82, 2.24) is 14.7 Å². The number of anilines is 2. The van der Waals surface area contributed by atoms with E-state index in [2.05, 4.69) is 27.3 Å². The molecule has 3 aromatic rings. The van der Waals surface area contributed by atoms with Gasteiger partial charge < -0.3 is 14.7 Å². The highest BCUT2D eigenvalue weighted by atomic mass is 32.1. The van der Waals surface area contributed by atoms with E-state index >= 15 is 0 Å². The molecule has 35 heavy (non-hydrogen) atoms. The minimum absolute atomic E-state index is 0.0240. The zero-order chi connectivity index (χ0) is 23.8. The number of para-hydroxylation sites is 2. The fourth-order valence-electron chi connectivity index (χ4n) is 5.49. The third-order valence-electron chi connectivity index (χ3n) is 7.33. The molecule has 2 aliphatic heterocycles. The van der Waals surface area contributed by atoms with Gasteiger partial charge in [-0.1, -0.05) is 42.5 Å². The monoisotopic (exact) mass is 486 g/mol. The molecule has 0 N–H and O–H groups in total. The van der Waals surface area contributed by atoms with Crippen molar-refractivity contribution in [2.75, 3.05) is 18.0 Å². The van der Waals surface area contributed by atoms with Gasteiger partial charge in [-0.15, -0.1) is 11.3 Å². The molecule has 7 heteroatoms. The minimum atomic E-state index is -0.0240. The molecule has 3 heterocycles. The summed E-state index contributed by atoms with van der Waals surface area (Å²) in [5.74, 6) is 0. The average molecular weight is 487 g/mol. The Kier molecular flexibility index (Phi) is 5.94. The van der Waals surface area contributed by atoms with E-state index in [1.165, 1.54) is 4.88 Å². The second kappa shape index (κ2) is 9.38. The Morgan fingerprint density at radius 1 is 0.771 bits per heavy atom. The van der Waals surface area contributed by atoms with Crippen molar-refractivity contribution in [3.63, 3.8) is 0 Å². The van der Waals surface area contributed by atoms with Crippen molar-refractivity contribution >= 4 is 34.8 Å². The maximum Gasteiger partial charge on any atom is 0.329 e. The molecule has 0 radical (unpaired) electrons. The molecule has 3 fully saturated rings. The van der Waals surface area contributed by atoms with Crippen LogP contribution in [0.1, 0.15) is 30.6 Å². The van der Waals surface area contributed by atoms with Crippen LogP contribution in [-0.4, -0.2) is 58.0 Å². The van der Waals surface area contributed by atoms with Gasteiger partial charge in [0.05, 0.1) is 30.0 Å². The fraction of sp³-hybridized carbons (Fsp3) is 0.357. The van der Waals surface area contributed by atoms with Crippen LogP contribution in [0.3, 0.4) is 0 Å². The Balaban J connectivity index is 1.21. The molecular formula is C28H30N4O2S. The van der Waals surface area contributed by atoms with Gasteiger partial charge in [0.15, 0.2) is 0 Å². The molecule has 1 aromatic heterocycles. The fourth-order valence-corrected chi connectivity index (χ4v) is 6.20. The number of thiophene rings is 1. The van der Waals surface area contributed by atoms with Crippen LogP contribution in [0.2, 0.25) is 0 Å². The van der Waals surface area contributed by atoms with Crippen LogP contribution in [-0.2, 0) is 6.54 Å². The number of fused-ring (bicyclic) bond motifs is 2. The number of piperazine rings is 1. The van der Waals surface area contributed by atoms with Gasteiger partial charge in [0.1, 0.15) is 0 Å². The highest BCUT2D eigenvalue weighted by Gasteiger charge is 2.47. The molecule has 180 valence electrons. The summed E-state index contributed by atoms with van der Waals surface area (Å²) in [4.78, 5) is 36.8. The van der Waals surface area contributed by atoms with Crippen molar-refractivity contribution < 1.29 is 9.59 Å². The number of carbonyl (C=O) groups excluding carboxylic acids is 2. The number of urea groups is 2. The lowest BCUT2D eigenvalue weighted by molar-refractivity contribution is 0.0792. The normalized spacial score (nSPS) is 21.1. The molecule has 6 rings (SSSR count). The predicted octanol–water partition coefficient (Wildman–Crippen LogP) is 5.94. The second-order valence-electron chi connectivity index (χ2n) is 9.71. The van der Waals surface area contributed by atoms with Crippen LogP contribution >= 0.6 is 11.3 Å². The molecule has 0 unspecified atom stereocenters. The van der Waals surface area contributed by atoms with Gasteiger partial charge in [-0.2, -0.15) is 0 Å². The number of amides is 4. The number of hydrogen-bond donors (Lipinski definition) is 0. The van der Waals surface area contributed by atoms with Crippen LogP contribution in [0, 0.1) is 0 Å². The molecule has 2 aromatic carbocycles. The lowest BCUT2D eigenvalue weighted by Gasteiger charge is -2.44. The van der Waals surface area contributed by atoms with Gasteiger partial charge in [0.25, 0.3) is 0 Å². The molecule has 2 saturated heterocycles. The molecule has 3 aliphatic rings. The summed E-state index contributed by atoms with van der Waals surface area (Å²) in [6, 6.07) is 24.4. The Hall–Kier alpha value is -3.32. The second-order valence-corrected chi connectivity index (χ2v) is 10.7. The molecule has 0 spiro atoms. The maximum absolute atomic E-state index is 13.9. The summed E-state index contributed by atoms with van der Waals surface area (Å²) >= 11 is 1.71. The number of nitrogens with zero attached hydrogens (tertiary/aromatic N) is 4. The van der Waals surface area contributed by atoms with Crippen LogP contribution in [0.4, 0.5) is 21.0 Å². The van der Waals surface area contributed by atoms with Crippen LogP contribution in [0.5, 0.6) is 0 Å². The SMILES string of the molecule is O=C(N1C[C@H]2CC[C@@H](C1)N2C(=O)N(Cc1cccs1)C1CC1)N(c1ccccc1)c1ccccc1. The smallest absolute Gasteiger partial charge is 0.320 e. The van der Waals surface area contributed by atoms with Gasteiger partial charge in [0, 0.05) is 24.0 Å². The quantitative estimate of drug-likeness (QED) is 0.448. The Morgan fingerprint density at radius 2 is 1.37 bits per heavy atom. The topological polar surface area (TPSA) is 47.1 Å². The lowest BCUT2D eigenvalue weighted by atomic mass is 10.2. The van der Waals surface area contributed by atoms with Gasteiger partial charge >= 0.3 is 12.1 Å². The highest BCUT2D eigenvalue weighted by molar-refractivity contribution is 7.09. The van der Waals surface area contributed by atoms with Crippen molar-refractivity contribution in [2.45, 2.75) is 50.4 Å². The van der Waals surface area contributed by atoms with Crippen LogP contribution < -0.4 is 4.90 Å². The van der Waals surface area contributed by atoms with Crippen LogP contribution in [0.15, 0.2) is 78.2 Å². The zero-order valence-corrected chi connectivity index (χ0v) is 20.5. The molecule has 6 nitrogen and oxygen atoms in total. The van der Waals surface area contributed by atoms with Gasteiger partial charge in [0.2, 0.25) is 0 Å². The summed E-state index contributed by atoms with van der Waals surface area (Å²) in [7, 11) is 0. The van der Waals surface area contributed by atoms with E-state index in [1.807, 2.05) is 65.6 Å². The van der Waals surface area contributed by atoms with Crippen molar-refractivity contribution in [2.24, 2.45) is 0 Å². The van der Waals surface area contributed by atoms with E-state index in [1.54, 1.807) is 16.2 Å². The summed E-state index contributed by atoms with van der Waals surface area (Å²) in [6.07, 6.45) is 4.09. The summed E-state index contributed by atoms with van der Waals surface area (Å²) < 4.78 is 0. The lowest BCUT2D eigenvalue weighted by Crippen LogP contribution is -2.61. The zero-order valence-electron chi connectivity index (χ0n) is 19.7. The Labute approximate surface area is 210 Å². The molecule has 2 atom stereocenters. The first kappa shape index (κ1) is 22.2. The van der Waals surface area contributed by atoms with E-state index in [-0.39, 0.29) is 24.1 Å². The summed E-state index contributed by atoms with van der Waals surface area (Å²) in [6.45, 7) is 1.85. The van der Waals surface area contributed by atoms with E-state index in [4.69, 9.17) is 0 Å². The van der Waals surface area contributed by atoms with Crippen molar-refractivity contribution in [1.29, 1.82) is 0 Å². The largest absolute Gasteiger partial charge is 0.329 e. The number of hydrogen-bond acceptors (Lipinski definition) is 3. The van der Waals surface area contributed by atoms with Crippen molar-refractivity contribution in [3.8, 4) is 0 Å². The number of carbonyl (C=O) groups is 2. The van der Waals surface area contributed by atoms with Gasteiger partial charge in [-0.3, -0.25) is 4.90 Å². The molecule has 4 amide bonds. The predicted molar refractivity (Wildman–Crippen MR) is 139 cm³/mol. The third kappa shape index (κ3) is 4.41. The van der Waals surface area contributed by atoms with Gasteiger partial charge in [-0.05, 0) is 61.4 Å². The van der Waals surface area contributed by atoms with E-state index in [9.17, 15) is 9.59 Å². The highest BCUT2D eigenvalue weighted by Crippen LogP contribution is 2.37. The van der Waals surface area contributed by atoms with E-state index in [0.29, 0.717) is 25.7 Å². The first-order valence-electron chi connectivity index (χ1n) is 12.5. The van der Waals surface area contributed by atoms with E-state index < -0.39 is 0 Å². The van der Waals surface area contributed by atoms with Crippen molar-refractivity contribution in [3.05, 3.63) is 83.1 Å². The number of rotatable bonds is 5. The van der Waals surface area contributed by atoms with Gasteiger partial charge in [-0.25, -0.2) is 9.59 Å². The molecule has 1 saturated carbocycles. The first-order valence-corrected chi connectivity index (χ1v) is 13.4. The molecular weight excluding hydrogens is 456 g/mol. The summed E-state index contributed by atoms with van der Waals surface area (Å²) in [5.41, 5.74) is 1.70. The standard InChI is InChI=1S/C28H30N4O2S/c33-27(31(22-8-3-1-4-9-22)23-10-5-2-6-11-23)29-18-24-15-16-25(19-29)32(24)28(34)30(21-13-14-21)20-26-12-7-17-35-26/h1-12,17,21,24-25H,13-16,18-20H2/t24-,25+. The average Bonchev–Trinajstić information content (AvgIpc) is 3.54. The number of benzene rings is 2. The Morgan fingerprint density at radius 3 is 1.89 bits per heavy atom. The molecule has 2 bridgehead atoms. The van der Waals surface area contributed by atoms with Crippen LogP contribution in [0.25, 0.3) is 0 Å². The summed E-state index contributed by atoms with van der Waals surface area (Å²) in [5, 5.41) is 2.07. The minimum Gasteiger partial charge on any atom is -0.320 e. The third-order valence-corrected chi connectivity index (χ3v) is 8.19. The Bertz CT molecular complexity index is 1110. The van der Waals surface area contributed by atoms with E-state index in [0.717, 1.165) is 37.1 Å². The number of likely N-dealkylation sites (tertiary alicyclic amines) is 1. The molecule has 1 aliphatic carbocycles. The first-order chi connectivity index (χ1) is 17.2.